The molecule has 1 aliphatic heterocycles. The molecule has 128 valence electrons. The first-order valence-electron chi connectivity index (χ1n) is 8.37. The van der Waals surface area contributed by atoms with Gasteiger partial charge in [-0.2, -0.15) is 0 Å². The lowest BCUT2D eigenvalue weighted by atomic mass is 10.1. The van der Waals surface area contributed by atoms with Crippen molar-refractivity contribution in [2.24, 2.45) is 0 Å². The smallest absolute Gasteiger partial charge is 0.257 e. The molecule has 1 aromatic heterocycles. The van der Waals surface area contributed by atoms with Gasteiger partial charge in [0.25, 0.3) is 5.56 Å². The van der Waals surface area contributed by atoms with E-state index in [4.69, 9.17) is 4.74 Å². The zero-order valence-corrected chi connectivity index (χ0v) is 14.0. The van der Waals surface area contributed by atoms with Gasteiger partial charge in [-0.25, -0.2) is 4.98 Å². The minimum absolute atomic E-state index is 0.0352. The zero-order valence-electron chi connectivity index (χ0n) is 14.0. The van der Waals surface area contributed by atoms with E-state index in [-0.39, 0.29) is 5.56 Å². The first kappa shape index (κ1) is 16.7. The Morgan fingerprint density at radius 1 is 1.33 bits per heavy atom. The van der Waals surface area contributed by atoms with E-state index in [0.717, 1.165) is 43.7 Å². The Labute approximate surface area is 141 Å². The summed E-state index contributed by atoms with van der Waals surface area (Å²) in [7, 11) is 1.68. The van der Waals surface area contributed by atoms with E-state index in [2.05, 4.69) is 32.3 Å². The van der Waals surface area contributed by atoms with Gasteiger partial charge >= 0.3 is 0 Å². The molecular formula is C18H24N4O2. The van der Waals surface area contributed by atoms with Crippen LogP contribution in [0.1, 0.15) is 23.2 Å². The molecule has 0 saturated heterocycles. The second kappa shape index (κ2) is 8.08. The first-order valence-corrected chi connectivity index (χ1v) is 8.37. The van der Waals surface area contributed by atoms with Gasteiger partial charge in [-0.3, -0.25) is 14.7 Å². The van der Waals surface area contributed by atoms with E-state index < -0.39 is 0 Å². The van der Waals surface area contributed by atoms with Crippen LogP contribution in [0.5, 0.6) is 0 Å². The summed E-state index contributed by atoms with van der Waals surface area (Å²) in [5, 5.41) is 3.16. The highest BCUT2D eigenvalue weighted by molar-refractivity contribution is 5.31. The summed E-state index contributed by atoms with van der Waals surface area (Å²) < 4.78 is 5.02. The van der Waals surface area contributed by atoms with Crippen LogP contribution in [0.4, 0.5) is 5.95 Å². The number of nitrogens with one attached hydrogen (secondary N) is 2. The lowest BCUT2D eigenvalue weighted by molar-refractivity contribution is 0.197. The maximum Gasteiger partial charge on any atom is 0.257 e. The molecule has 0 radical (unpaired) electrons. The molecule has 0 fully saturated rings. The van der Waals surface area contributed by atoms with Crippen molar-refractivity contribution < 1.29 is 4.74 Å². The van der Waals surface area contributed by atoms with Crippen molar-refractivity contribution in [2.45, 2.75) is 25.9 Å². The van der Waals surface area contributed by atoms with Crippen LogP contribution in [-0.4, -0.2) is 41.7 Å². The van der Waals surface area contributed by atoms with Crippen molar-refractivity contribution in [3.8, 4) is 0 Å². The number of hydrogen-bond acceptors (Lipinski definition) is 5. The molecule has 2 N–H and O–H groups in total. The Morgan fingerprint density at radius 2 is 2.17 bits per heavy atom. The van der Waals surface area contributed by atoms with Gasteiger partial charge in [0, 0.05) is 46.3 Å². The lowest BCUT2D eigenvalue weighted by Gasteiger charge is -2.27. The molecule has 2 heterocycles. The average Bonchev–Trinajstić information content (AvgIpc) is 2.60. The molecule has 6 nitrogen and oxygen atoms in total. The van der Waals surface area contributed by atoms with Crippen LogP contribution in [0.3, 0.4) is 0 Å². The predicted molar refractivity (Wildman–Crippen MR) is 94.1 cm³/mol. The van der Waals surface area contributed by atoms with Crippen molar-refractivity contribution in [1.82, 2.24) is 14.9 Å². The molecule has 0 bridgehead atoms. The summed E-state index contributed by atoms with van der Waals surface area (Å²) in [6.45, 7) is 3.85. The van der Waals surface area contributed by atoms with Crippen LogP contribution in [0.2, 0.25) is 0 Å². The molecule has 0 spiro atoms. The number of aromatic amines is 1. The summed E-state index contributed by atoms with van der Waals surface area (Å²) in [5.41, 5.74) is 2.94. The summed E-state index contributed by atoms with van der Waals surface area (Å²) in [4.78, 5) is 22.1. The van der Waals surface area contributed by atoms with Crippen molar-refractivity contribution in [1.29, 1.82) is 0 Å². The molecular weight excluding hydrogens is 304 g/mol. The summed E-state index contributed by atoms with van der Waals surface area (Å²) in [6, 6.07) is 10.3. The van der Waals surface area contributed by atoms with Gasteiger partial charge in [0.05, 0.1) is 11.3 Å². The van der Waals surface area contributed by atoms with E-state index >= 15 is 0 Å². The fourth-order valence-electron chi connectivity index (χ4n) is 2.96. The third-order valence-electron chi connectivity index (χ3n) is 4.21. The molecule has 24 heavy (non-hydrogen) atoms. The first-order chi connectivity index (χ1) is 11.8. The van der Waals surface area contributed by atoms with Crippen LogP contribution in [0.15, 0.2) is 35.1 Å². The van der Waals surface area contributed by atoms with E-state index in [0.29, 0.717) is 19.1 Å². The molecule has 2 aromatic rings. The van der Waals surface area contributed by atoms with Gasteiger partial charge in [-0.05, 0) is 12.0 Å². The number of aromatic nitrogens is 2. The number of methoxy groups -OCH3 is 1. The number of hydrogen-bond donors (Lipinski definition) is 2. The number of benzene rings is 1. The fourth-order valence-corrected chi connectivity index (χ4v) is 2.96. The standard InChI is InChI=1S/C18H24N4O2/c1-24-11-5-9-19-18-20-16-8-10-22(13-15(16)17(23)21-18)12-14-6-3-2-4-7-14/h2-4,6-7H,5,8-13H2,1H3,(H2,19,20,21,23). The van der Waals surface area contributed by atoms with Crippen molar-refractivity contribution in [3.63, 3.8) is 0 Å². The molecule has 0 amide bonds. The van der Waals surface area contributed by atoms with Crippen LogP contribution in [-0.2, 0) is 24.2 Å². The minimum Gasteiger partial charge on any atom is -0.385 e. The normalized spacial score (nSPS) is 14.4. The van der Waals surface area contributed by atoms with E-state index in [9.17, 15) is 4.79 Å². The van der Waals surface area contributed by atoms with E-state index in [1.54, 1.807) is 7.11 Å². The molecule has 0 saturated carbocycles. The van der Waals surface area contributed by atoms with Gasteiger partial charge < -0.3 is 10.1 Å². The van der Waals surface area contributed by atoms with Gasteiger partial charge in [0.2, 0.25) is 5.95 Å². The Morgan fingerprint density at radius 3 is 2.96 bits per heavy atom. The quantitative estimate of drug-likeness (QED) is 0.758. The highest BCUT2D eigenvalue weighted by atomic mass is 16.5. The van der Waals surface area contributed by atoms with E-state index in [1.807, 2.05) is 18.2 Å². The maximum atomic E-state index is 12.4. The zero-order chi connectivity index (χ0) is 16.8. The highest BCUT2D eigenvalue weighted by Crippen LogP contribution is 2.17. The van der Waals surface area contributed by atoms with E-state index in [1.165, 1.54) is 5.56 Å². The van der Waals surface area contributed by atoms with Crippen molar-refractivity contribution in [3.05, 3.63) is 57.5 Å². The third-order valence-corrected chi connectivity index (χ3v) is 4.21. The predicted octanol–water partition coefficient (Wildman–Crippen LogP) is 1.78. The van der Waals surface area contributed by atoms with Gasteiger partial charge in [0.15, 0.2) is 0 Å². The Balaban J connectivity index is 1.65. The van der Waals surface area contributed by atoms with Crippen LogP contribution in [0.25, 0.3) is 0 Å². The number of H-pyrrole nitrogens is 1. The Hall–Kier alpha value is -2.18. The minimum atomic E-state index is -0.0352. The number of fused-ring (bicyclic) bond motifs is 1. The van der Waals surface area contributed by atoms with Gasteiger partial charge in [0.1, 0.15) is 0 Å². The average molecular weight is 328 g/mol. The molecule has 0 aliphatic carbocycles. The van der Waals surface area contributed by atoms with Crippen LogP contribution < -0.4 is 10.9 Å². The maximum absolute atomic E-state index is 12.4. The van der Waals surface area contributed by atoms with Crippen molar-refractivity contribution >= 4 is 5.95 Å². The van der Waals surface area contributed by atoms with Gasteiger partial charge in [-0.15, -0.1) is 0 Å². The fraction of sp³-hybridized carbons (Fsp3) is 0.444. The summed E-state index contributed by atoms with van der Waals surface area (Å²) >= 11 is 0. The molecule has 1 aliphatic rings. The second-order valence-electron chi connectivity index (χ2n) is 6.06. The SMILES string of the molecule is COCCCNc1nc2c(c(=O)[nH]1)CN(Cc1ccccc1)CC2. The summed E-state index contributed by atoms with van der Waals surface area (Å²) in [6.07, 6.45) is 1.68. The Bertz CT molecular complexity index is 715. The molecule has 6 heteroatoms. The largest absolute Gasteiger partial charge is 0.385 e. The molecule has 1 aromatic carbocycles. The molecule has 0 atom stereocenters. The van der Waals surface area contributed by atoms with Crippen molar-refractivity contribution in [2.75, 3.05) is 32.1 Å². The topological polar surface area (TPSA) is 70.2 Å². The molecule has 3 rings (SSSR count). The lowest BCUT2D eigenvalue weighted by Crippen LogP contribution is -2.35. The monoisotopic (exact) mass is 328 g/mol. The number of ether oxygens (including phenoxy) is 1. The molecule has 0 unspecified atom stereocenters. The number of rotatable bonds is 7. The Kier molecular flexibility index (Phi) is 5.61. The summed E-state index contributed by atoms with van der Waals surface area (Å²) in [5.74, 6) is 0.561. The van der Waals surface area contributed by atoms with Crippen LogP contribution in [0, 0.1) is 0 Å². The number of anilines is 1. The highest BCUT2D eigenvalue weighted by Gasteiger charge is 2.21. The van der Waals surface area contributed by atoms with Gasteiger partial charge in [-0.1, -0.05) is 30.3 Å². The third kappa shape index (κ3) is 4.21. The van der Waals surface area contributed by atoms with Crippen LogP contribution >= 0.6 is 0 Å². The second-order valence-corrected chi connectivity index (χ2v) is 6.06. The number of nitrogens with zero attached hydrogens (tertiary/aromatic N) is 2.